The minimum Gasteiger partial charge on any atom is -0.405 e. The van der Waals surface area contributed by atoms with Crippen molar-refractivity contribution >= 4 is 37.6 Å². The maximum Gasteiger partial charge on any atom is 0.573 e. The third kappa shape index (κ3) is 6.49. The fraction of sp³-hybridized carbons (Fsp3) is 0.429. The van der Waals surface area contributed by atoms with E-state index in [0.29, 0.717) is 6.54 Å². The van der Waals surface area contributed by atoms with Gasteiger partial charge in [0.1, 0.15) is 5.75 Å². The molecule has 202 valence electrons. The van der Waals surface area contributed by atoms with Crippen molar-refractivity contribution in [3.8, 4) is 5.75 Å². The van der Waals surface area contributed by atoms with Crippen molar-refractivity contribution in [3.05, 3.63) is 35.5 Å². The van der Waals surface area contributed by atoms with E-state index in [-0.39, 0.29) is 12.0 Å². The molecule has 1 fully saturated rings. The Kier molecular flexibility index (Phi) is 7.64. The van der Waals surface area contributed by atoms with Gasteiger partial charge >= 0.3 is 6.36 Å². The van der Waals surface area contributed by atoms with Crippen molar-refractivity contribution in [2.75, 3.05) is 24.4 Å². The zero-order valence-corrected chi connectivity index (χ0v) is 20.9. The Balaban J connectivity index is 1.75. The number of alkyl halides is 3. The van der Waals surface area contributed by atoms with Crippen LogP contribution in [-0.4, -0.2) is 58.7 Å². The molecule has 0 bridgehead atoms. The van der Waals surface area contributed by atoms with Crippen molar-refractivity contribution < 1.29 is 44.1 Å². The van der Waals surface area contributed by atoms with E-state index in [1.165, 1.54) is 0 Å². The Morgan fingerprint density at radius 1 is 1.27 bits per heavy atom. The maximum atomic E-state index is 13.4. The highest BCUT2D eigenvalue weighted by molar-refractivity contribution is 7.92. The lowest BCUT2D eigenvalue weighted by atomic mass is 10.0. The molecule has 37 heavy (non-hydrogen) atoms. The molecule has 2 aliphatic heterocycles. The number of hydrogen-bond donors (Lipinski definition) is 2. The summed E-state index contributed by atoms with van der Waals surface area (Å²) in [5, 5.41) is 2.61. The molecule has 1 aromatic carbocycles. The molecule has 0 unspecified atom stereocenters. The Morgan fingerprint density at radius 2 is 2.00 bits per heavy atom. The molecule has 0 atom stereocenters. The second-order valence-corrected chi connectivity index (χ2v) is 11.8. The van der Waals surface area contributed by atoms with E-state index >= 15 is 0 Å². The molecule has 16 heteroatoms. The van der Waals surface area contributed by atoms with Gasteiger partial charge in [-0.2, -0.15) is 8.42 Å². The largest absolute Gasteiger partial charge is 0.573 e. The predicted octanol–water partition coefficient (Wildman–Crippen LogP) is 2.62. The van der Waals surface area contributed by atoms with Crippen LogP contribution in [0.25, 0.3) is 6.08 Å². The minimum atomic E-state index is -5.25. The number of ketones is 1. The van der Waals surface area contributed by atoms with Crippen molar-refractivity contribution in [1.82, 2.24) is 14.8 Å². The average molecular weight is 565 g/mol. The zero-order chi connectivity index (χ0) is 26.8. The maximum absolute atomic E-state index is 13.4. The quantitative estimate of drug-likeness (QED) is 0.439. The van der Waals surface area contributed by atoms with E-state index in [1.54, 1.807) is 0 Å². The zero-order valence-electron chi connectivity index (χ0n) is 19.2. The third-order valence-corrected chi connectivity index (χ3v) is 8.51. The van der Waals surface area contributed by atoms with Crippen LogP contribution in [0.4, 0.5) is 18.9 Å². The Hall–Kier alpha value is -2.95. The molecule has 2 aliphatic rings. The van der Waals surface area contributed by atoms with Crippen molar-refractivity contribution in [3.63, 3.8) is 0 Å². The van der Waals surface area contributed by atoms with E-state index in [9.17, 15) is 34.8 Å². The number of halogens is 3. The summed E-state index contributed by atoms with van der Waals surface area (Å²) in [7, 11) is -8.78. The fourth-order valence-electron chi connectivity index (χ4n) is 4.08. The van der Waals surface area contributed by atoms with Gasteiger partial charge in [-0.3, -0.25) is 9.52 Å². The summed E-state index contributed by atoms with van der Waals surface area (Å²) in [5.41, 5.74) is -1.41. The van der Waals surface area contributed by atoms with Crippen LogP contribution >= 0.6 is 0 Å². The van der Waals surface area contributed by atoms with Gasteiger partial charge in [0.15, 0.2) is 5.78 Å². The first-order valence-electron chi connectivity index (χ1n) is 11.2. The number of carbonyl (C=O) groups is 1. The molecule has 0 radical (unpaired) electrons. The summed E-state index contributed by atoms with van der Waals surface area (Å²) in [5.74, 6) is -1.37. The molecule has 11 nitrogen and oxygen atoms in total. The number of rotatable bonds is 9. The average Bonchev–Trinajstić information content (AvgIpc) is 3.46. The van der Waals surface area contributed by atoms with Gasteiger partial charge in [-0.25, -0.2) is 13.1 Å². The second-order valence-electron chi connectivity index (χ2n) is 8.40. The number of carbonyl (C=O) groups excluding carboxylic acids is 1. The van der Waals surface area contributed by atoms with Crippen molar-refractivity contribution in [1.29, 1.82) is 0 Å². The number of aromatic nitrogens is 1. The lowest BCUT2D eigenvalue weighted by Gasteiger charge is -2.25. The van der Waals surface area contributed by atoms with E-state index in [0.717, 1.165) is 62.8 Å². The normalized spacial score (nSPS) is 18.1. The van der Waals surface area contributed by atoms with Crippen molar-refractivity contribution in [2.45, 2.75) is 48.6 Å². The summed E-state index contributed by atoms with van der Waals surface area (Å²) in [6.45, 7) is 1.63. The van der Waals surface area contributed by atoms with Gasteiger partial charge in [-0.15, -0.1) is 13.2 Å². The van der Waals surface area contributed by atoms with E-state index in [4.69, 9.17) is 0 Å². The molecule has 0 saturated carbocycles. The van der Waals surface area contributed by atoms with Crippen LogP contribution in [-0.2, 0) is 31.4 Å². The number of sulfonamides is 2. The van der Waals surface area contributed by atoms with Crippen LogP contribution in [0.5, 0.6) is 5.75 Å². The highest BCUT2D eigenvalue weighted by Gasteiger charge is 2.39. The number of anilines is 1. The first-order valence-corrected chi connectivity index (χ1v) is 14.1. The van der Waals surface area contributed by atoms with Gasteiger partial charge in [0, 0.05) is 36.7 Å². The topological polar surface area (TPSA) is 148 Å². The number of ether oxygens (including phenoxy) is 1. The third-order valence-electron chi connectivity index (χ3n) is 5.81. The SMILES string of the molecule is O=C(/C=C/c1c(NS(=O)(=O)c2ccno2)cc2c(c1OC(F)(F)F)CNS2(=O)=O)CCN1CCCCC1. The predicted molar refractivity (Wildman–Crippen MR) is 123 cm³/mol. The summed E-state index contributed by atoms with van der Waals surface area (Å²) in [4.78, 5) is 14.0. The first-order chi connectivity index (χ1) is 17.4. The Morgan fingerprint density at radius 3 is 2.65 bits per heavy atom. The molecule has 0 aliphatic carbocycles. The lowest BCUT2D eigenvalue weighted by Crippen LogP contribution is -2.31. The van der Waals surface area contributed by atoms with Crippen LogP contribution < -0.4 is 14.2 Å². The number of nitrogens with zero attached hydrogens (tertiary/aromatic N) is 2. The number of hydrogen-bond acceptors (Lipinski definition) is 9. The lowest BCUT2D eigenvalue weighted by molar-refractivity contribution is -0.275. The molecule has 0 spiro atoms. The van der Waals surface area contributed by atoms with Crippen LogP contribution in [0, 0.1) is 0 Å². The van der Waals surface area contributed by atoms with Crippen LogP contribution in [0.3, 0.4) is 0 Å². The van der Waals surface area contributed by atoms with Crippen LogP contribution in [0.1, 0.15) is 36.8 Å². The highest BCUT2D eigenvalue weighted by atomic mass is 32.2. The summed E-state index contributed by atoms with van der Waals surface area (Å²) in [6.07, 6.45) is 1.01. The van der Waals surface area contributed by atoms with Gasteiger partial charge in [-0.05, 0) is 44.1 Å². The highest BCUT2D eigenvalue weighted by Crippen LogP contribution is 2.42. The molecular formula is C21H23F3N4O7S2. The molecule has 4 rings (SSSR count). The number of allylic oxidation sites excluding steroid dienone is 1. The fourth-order valence-corrected chi connectivity index (χ4v) is 6.27. The van der Waals surface area contributed by atoms with E-state index in [1.807, 2.05) is 4.72 Å². The number of likely N-dealkylation sites (tertiary alicyclic amines) is 1. The smallest absolute Gasteiger partial charge is 0.405 e. The molecule has 2 aromatic rings. The first kappa shape index (κ1) is 27.1. The Labute approximate surface area is 210 Å². The number of piperidine rings is 1. The molecule has 1 saturated heterocycles. The molecule has 1 aromatic heterocycles. The number of benzene rings is 1. The molecule has 3 heterocycles. The van der Waals surface area contributed by atoms with Gasteiger partial charge in [0.2, 0.25) is 10.0 Å². The summed E-state index contributed by atoms with van der Waals surface area (Å²) >= 11 is 0. The molecule has 2 N–H and O–H groups in total. The number of fused-ring (bicyclic) bond motifs is 1. The number of nitrogens with one attached hydrogen (secondary N) is 2. The van der Waals surface area contributed by atoms with Crippen LogP contribution in [0.15, 0.2) is 38.9 Å². The van der Waals surface area contributed by atoms with Gasteiger partial charge < -0.3 is 14.2 Å². The second kappa shape index (κ2) is 10.4. The van der Waals surface area contributed by atoms with Gasteiger partial charge in [0.05, 0.1) is 16.8 Å². The summed E-state index contributed by atoms with van der Waals surface area (Å²) < 4.78 is 103. The van der Waals surface area contributed by atoms with E-state index in [2.05, 4.69) is 24.0 Å². The summed E-state index contributed by atoms with van der Waals surface area (Å²) in [6, 6.07) is 1.85. The van der Waals surface area contributed by atoms with E-state index < -0.39 is 65.7 Å². The van der Waals surface area contributed by atoms with Gasteiger partial charge in [0.25, 0.3) is 15.1 Å². The van der Waals surface area contributed by atoms with Crippen molar-refractivity contribution in [2.24, 2.45) is 0 Å². The van der Waals surface area contributed by atoms with Crippen LogP contribution in [0.2, 0.25) is 0 Å². The van der Waals surface area contributed by atoms with Gasteiger partial charge in [-0.1, -0.05) is 11.6 Å². The standard InChI is InChI=1S/C21H23F3N4O7S2/c22-21(23,24)34-20-15(5-4-14(29)7-11-28-9-2-1-3-10-28)17(12-18-16(20)13-26-36(18,30)31)27-37(32,33)19-6-8-25-35-19/h4-6,8,12,26-27H,1-3,7,9-11,13H2/b5-4+. The Bertz CT molecular complexity index is 1400. The monoisotopic (exact) mass is 564 g/mol. The molecular weight excluding hydrogens is 541 g/mol. The molecule has 0 amide bonds. The minimum absolute atomic E-state index is 0.0892.